The highest BCUT2D eigenvalue weighted by Gasteiger charge is 2.32. The Labute approximate surface area is 113 Å². The van der Waals surface area contributed by atoms with Crippen molar-refractivity contribution in [2.24, 2.45) is 5.92 Å². The Bertz CT molecular complexity index is 438. The molecule has 3 N–H and O–H groups in total. The Morgan fingerprint density at radius 3 is 3.00 bits per heavy atom. The maximum atomic E-state index is 13.1. The molecule has 4 heteroatoms. The van der Waals surface area contributed by atoms with Crippen LogP contribution in [0.3, 0.4) is 0 Å². The van der Waals surface area contributed by atoms with Gasteiger partial charge in [-0.25, -0.2) is 4.39 Å². The zero-order valence-corrected chi connectivity index (χ0v) is 11.3. The van der Waals surface area contributed by atoms with Gasteiger partial charge < -0.3 is 15.5 Å². The molecule has 1 aliphatic rings. The van der Waals surface area contributed by atoms with Crippen LogP contribution in [0.15, 0.2) is 18.2 Å². The van der Waals surface area contributed by atoms with E-state index in [0.29, 0.717) is 24.6 Å². The van der Waals surface area contributed by atoms with E-state index >= 15 is 0 Å². The van der Waals surface area contributed by atoms with Gasteiger partial charge in [0.05, 0.1) is 5.60 Å². The Balaban J connectivity index is 1.87. The quantitative estimate of drug-likeness (QED) is 0.786. The molecule has 1 fully saturated rings. The lowest BCUT2D eigenvalue weighted by Gasteiger charge is -2.35. The van der Waals surface area contributed by atoms with Crippen LogP contribution in [0.5, 0.6) is 5.75 Å². The fraction of sp³-hybridized carbons (Fsp3) is 0.600. The highest BCUT2D eigenvalue weighted by atomic mass is 19.1. The predicted molar refractivity (Wildman–Crippen MR) is 72.4 cm³/mol. The van der Waals surface area contributed by atoms with Crippen LogP contribution in [0.4, 0.5) is 4.39 Å². The lowest BCUT2D eigenvalue weighted by Crippen LogP contribution is -2.43. The highest BCUT2D eigenvalue weighted by molar-refractivity contribution is 5.32. The van der Waals surface area contributed by atoms with Crippen LogP contribution in [-0.4, -0.2) is 22.4 Å². The average molecular weight is 267 g/mol. The van der Waals surface area contributed by atoms with E-state index in [-0.39, 0.29) is 11.6 Å². The number of phenolic OH excluding ortho intramolecular Hbond substituents is 1. The molecule has 1 saturated carbocycles. The molecule has 0 amide bonds. The number of aliphatic hydroxyl groups is 1. The standard InChI is InChI=1S/C15H22FNO2/c1-11-3-2-6-15(19,8-11)10-17-9-12-7-13(16)4-5-14(12)18/h4-5,7,11,17-19H,2-3,6,8-10H2,1H3. The number of rotatable bonds is 4. The molecule has 1 aromatic carbocycles. The van der Waals surface area contributed by atoms with Crippen LogP contribution in [-0.2, 0) is 6.54 Å². The zero-order valence-electron chi connectivity index (χ0n) is 11.3. The molecule has 3 nitrogen and oxygen atoms in total. The summed E-state index contributed by atoms with van der Waals surface area (Å²) in [6, 6.07) is 3.90. The molecule has 0 spiro atoms. The average Bonchev–Trinajstić information content (AvgIpc) is 2.33. The lowest BCUT2D eigenvalue weighted by molar-refractivity contribution is -0.0119. The van der Waals surface area contributed by atoms with Gasteiger partial charge in [-0.3, -0.25) is 0 Å². The van der Waals surface area contributed by atoms with Gasteiger partial charge in [0.15, 0.2) is 0 Å². The molecule has 0 radical (unpaired) electrons. The number of hydrogen-bond donors (Lipinski definition) is 3. The molecule has 106 valence electrons. The topological polar surface area (TPSA) is 52.5 Å². The summed E-state index contributed by atoms with van der Waals surface area (Å²) < 4.78 is 13.1. The number of halogens is 1. The first-order valence-electron chi connectivity index (χ1n) is 6.89. The summed E-state index contributed by atoms with van der Waals surface area (Å²) in [4.78, 5) is 0. The van der Waals surface area contributed by atoms with Gasteiger partial charge in [0.2, 0.25) is 0 Å². The minimum Gasteiger partial charge on any atom is -0.508 e. The fourth-order valence-corrected chi connectivity index (χ4v) is 2.92. The van der Waals surface area contributed by atoms with Gasteiger partial charge >= 0.3 is 0 Å². The molecular weight excluding hydrogens is 245 g/mol. The van der Waals surface area contributed by atoms with Gasteiger partial charge in [0.25, 0.3) is 0 Å². The van der Waals surface area contributed by atoms with Crippen molar-refractivity contribution in [2.45, 2.75) is 44.8 Å². The molecule has 1 aliphatic carbocycles. The van der Waals surface area contributed by atoms with E-state index in [9.17, 15) is 14.6 Å². The normalized spacial score (nSPS) is 27.4. The highest BCUT2D eigenvalue weighted by Crippen LogP contribution is 2.31. The van der Waals surface area contributed by atoms with Gasteiger partial charge in [-0.15, -0.1) is 0 Å². The summed E-state index contributed by atoms with van der Waals surface area (Å²) in [6.07, 6.45) is 3.83. The van der Waals surface area contributed by atoms with Crippen LogP contribution in [0, 0.1) is 11.7 Å². The van der Waals surface area contributed by atoms with E-state index in [0.717, 1.165) is 19.3 Å². The Kier molecular flexibility index (Phi) is 4.42. The first-order chi connectivity index (χ1) is 8.98. The van der Waals surface area contributed by atoms with Crippen molar-refractivity contribution >= 4 is 0 Å². The van der Waals surface area contributed by atoms with E-state index in [1.54, 1.807) is 0 Å². The SMILES string of the molecule is CC1CCCC(O)(CNCc2cc(F)ccc2O)C1. The molecule has 0 bridgehead atoms. The van der Waals surface area contributed by atoms with Crippen LogP contribution < -0.4 is 5.32 Å². The molecule has 19 heavy (non-hydrogen) atoms. The second-order valence-corrected chi connectivity index (χ2v) is 5.80. The maximum Gasteiger partial charge on any atom is 0.123 e. The number of aromatic hydroxyl groups is 1. The number of benzene rings is 1. The van der Waals surface area contributed by atoms with Crippen molar-refractivity contribution in [3.05, 3.63) is 29.6 Å². The summed E-state index contributed by atoms with van der Waals surface area (Å²) in [5.74, 6) is 0.264. The third-order valence-corrected chi connectivity index (χ3v) is 3.88. The van der Waals surface area contributed by atoms with Crippen molar-refractivity contribution in [3.8, 4) is 5.75 Å². The lowest BCUT2D eigenvalue weighted by atomic mass is 9.79. The Morgan fingerprint density at radius 1 is 1.47 bits per heavy atom. The van der Waals surface area contributed by atoms with Crippen molar-refractivity contribution < 1.29 is 14.6 Å². The first kappa shape index (κ1) is 14.3. The molecule has 0 aromatic heterocycles. The van der Waals surface area contributed by atoms with E-state index < -0.39 is 5.60 Å². The molecule has 2 atom stereocenters. The van der Waals surface area contributed by atoms with E-state index in [4.69, 9.17) is 0 Å². The number of nitrogens with one attached hydrogen (secondary N) is 1. The van der Waals surface area contributed by atoms with Gasteiger partial charge in [-0.1, -0.05) is 19.8 Å². The third-order valence-electron chi connectivity index (χ3n) is 3.88. The predicted octanol–water partition coefficient (Wildman–Crippen LogP) is 2.56. The van der Waals surface area contributed by atoms with Crippen LogP contribution in [0.25, 0.3) is 0 Å². The van der Waals surface area contributed by atoms with E-state index in [1.165, 1.54) is 24.6 Å². The minimum absolute atomic E-state index is 0.0814. The largest absolute Gasteiger partial charge is 0.508 e. The third kappa shape index (κ3) is 3.91. The van der Waals surface area contributed by atoms with Gasteiger partial charge in [-0.2, -0.15) is 0 Å². The molecule has 0 aliphatic heterocycles. The molecule has 2 rings (SSSR count). The fourth-order valence-electron chi connectivity index (χ4n) is 2.92. The minimum atomic E-state index is -0.666. The van der Waals surface area contributed by atoms with Gasteiger partial charge in [0.1, 0.15) is 11.6 Å². The smallest absolute Gasteiger partial charge is 0.123 e. The zero-order chi connectivity index (χ0) is 13.9. The van der Waals surface area contributed by atoms with Crippen LogP contribution in [0.2, 0.25) is 0 Å². The Hall–Kier alpha value is -1.13. The number of hydrogen-bond acceptors (Lipinski definition) is 3. The second kappa shape index (κ2) is 5.88. The summed E-state index contributed by atoms with van der Waals surface area (Å²) in [5, 5.41) is 23.2. The summed E-state index contributed by atoms with van der Waals surface area (Å²) in [5.41, 5.74) is -0.145. The van der Waals surface area contributed by atoms with Crippen molar-refractivity contribution in [1.82, 2.24) is 5.32 Å². The summed E-state index contributed by atoms with van der Waals surface area (Å²) >= 11 is 0. The maximum absolute atomic E-state index is 13.1. The second-order valence-electron chi connectivity index (χ2n) is 5.80. The Morgan fingerprint density at radius 2 is 2.26 bits per heavy atom. The van der Waals surface area contributed by atoms with E-state index in [2.05, 4.69) is 12.2 Å². The summed E-state index contributed by atoms with van der Waals surface area (Å²) in [6.45, 7) is 3.00. The molecule has 1 aromatic rings. The van der Waals surface area contributed by atoms with Crippen LogP contribution >= 0.6 is 0 Å². The molecule has 0 saturated heterocycles. The first-order valence-corrected chi connectivity index (χ1v) is 6.89. The monoisotopic (exact) mass is 267 g/mol. The molecular formula is C15H22FNO2. The van der Waals surface area contributed by atoms with Gasteiger partial charge in [0, 0.05) is 18.7 Å². The van der Waals surface area contributed by atoms with Crippen molar-refractivity contribution in [1.29, 1.82) is 0 Å². The number of phenols is 1. The van der Waals surface area contributed by atoms with Crippen molar-refractivity contribution in [3.63, 3.8) is 0 Å². The van der Waals surface area contributed by atoms with Crippen LogP contribution in [0.1, 0.15) is 38.2 Å². The molecule has 2 unspecified atom stereocenters. The summed E-state index contributed by atoms with van der Waals surface area (Å²) in [7, 11) is 0. The van der Waals surface area contributed by atoms with Gasteiger partial charge in [-0.05, 0) is 37.0 Å². The molecule has 0 heterocycles. The van der Waals surface area contributed by atoms with E-state index in [1.807, 2.05) is 0 Å². The van der Waals surface area contributed by atoms with Crippen molar-refractivity contribution in [2.75, 3.05) is 6.54 Å².